The van der Waals surface area contributed by atoms with Crippen molar-refractivity contribution in [2.75, 3.05) is 26.4 Å². The van der Waals surface area contributed by atoms with Gasteiger partial charge in [-0.25, -0.2) is 18.7 Å². The molecule has 0 fully saturated rings. The first-order valence-corrected chi connectivity index (χ1v) is 15.6. The van der Waals surface area contributed by atoms with E-state index in [-0.39, 0.29) is 49.7 Å². The molecular weight excluding hydrogens is 622 g/mol. The molecule has 0 aliphatic carbocycles. The minimum Gasteiger partial charge on any atom is -0.463 e. The Balaban J connectivity index is 5.51. The molecule has 0 amide bonds. The number of rotatable bonds is 24. The average Bonchev–Trinajstić information content (AvgIpc) is 2.90. The van der Waals surface area contributed by atoms with Gasteiger partial charge in [0.05, 0.1) is 26.1 Å². The standard InChI is InChI=1S/C24H36O17P2/c1-17(2)23(29)35-13-9-19(15-37-21(27)7-5-11-25)39-42(31,32)41-43(33,34)40-20(10-14-36-24(30)18(3)4)16-38-22(28)8-6-12-26/h11-12,19-20H,1,3,5-10,13-16H2,2,4H3,(H,31,32)(H,33,34). The predicted molar refractivity (Wildman–Crippen MR) is 144 cm³/mol. The van der Waals surface area contributed by atoms with Crippen LogP contribution in [0.1, 0.15) is 52.4 Å². The highest BCUT2D eigenvalue weighted by molar-refractivity contribution is 7.61. The summed E-state index contributed by atoms with van der Waals surface area (Å²) in [4.78, 5) is 87.9. The Hall–Kier alpha value is -3.04. The molecule has 0 spiro atoms. The molecule has 0 aromatic carbocycles. The molecule has 0 aliphatic rings. The molecule has 0 radical (unpaired) electrons. The van der Waals surface area contributed by atoms with Crippen molar-refractivity contribution in [1.82, 2.24) is 0 Å². The Morgan fingerprint density at radius 2 is 1.05 bits per heavy atom. The summed E-state index contributed by atoms with van der Waals surface area (Å²) in [5, 5.41) is 0. The van der Waals surface area contributed by atoms with Gasteiger partial charge in [0.25, 0.3) is 0 Å². The van der Waals surface area contributed by atoms with Gasteiger partial charge in [-0.3, -0.25) is 18.6 Å². The van der Waals surface area contributed by atoms with E-state index in [2.05, 4.69) is 17.5 Å². The lowest BCUT2D eigenvalue weighted by molar-refractivity contribution is -0.148. The van der Waals surface area contributed by atoms with E-state index in [0.717, 1.165) is 0 Å². The summed E-state index contributed by atoms with van der Waals surface area (Å²) < 4.78 is 58.7. The Morgan fingerprint density at radius 1 is 0.698 bits per heavy atom. The molecule has 19 heteroatoms. The first-order valence-electron chi connectivity index (χ1n) is 12.6. The molecule has 43 heavy (non-hydrogen) atoms. The van der Waals surface area contributed by atoms with Gasteiger partial charge in [0.2, 0.25) is 0 Å². The second kappa shape index (κ2) is 20.8. The number of aldehydes is 2. The molecule has 0 heterocycles. The van der Waals surface area contributed by atoms with E-state index in [1.54, 1.807) is 0 Å². The third kappa shape index (κ3) is 20.5. The maximum Gasteiger partial charge on any atom is 0.481 e. The molecule has 0 saturated carbocycles. The van der Waals surface area contributed by atoms with Crippen molar-refractivity contribution in [1.29, 1.82) is 0 Å². The Kier molecular flexibility index (Phi) is 19.3. The van der Waals surface area contributed by atoms with E-state index >= 15 is 0 Å². The van der Waals surface area contributed by atoms with Crippen LogP contribution in [0.2, 0.25) is 0 Å². The summed E-state index contributed by atoms with van der Waals surface area (Å²) in [5.41, 5.74) is 0.0938. The van der Waals surface area contributed by atoms with Crippen LogP contribution in [0.5, 0.6) is 0 Å². The lowest BCUT2D eigenvalue weighted by atomic mass is 10.3. The minimum atomic E-state index is -5.49. The number of ether oxygens (including phenoxy) is 4. The summed E-state index contributed by atoms with van der Waals surface area (Å²) in [6.07, 6.45) is -3.78. The second-order valence-electron chi connectivity index (χ2n) is 8.66. The van der Waals surface area contributed by atoms with Crippen molar-refractivity contribution in [2.45, 2.75) is 64.6 Å². The zero-order valence-corrected chi connectivity index (χ0v) is 25.5. The van der Waals surface area contributed by atoms with Crippen molar-refractivity contribution < 1.29 is 80.0 Å². The van der Waals surface area contributed by atoms with E-state index in [4.69, 9.17) is 28.0 Å². The number of phosphoric acid groups is 2. The van der Waals surface area contributed by atoms with Gasteiger partial charge in [0, 0.05) is 36.8 Å². The molecule has 0 rings (SSSR count). The van der Waals surface area contributed by atoms with Gasteiger partial charge < -0.3 is 38.3 Å². The quantitative estimate of drug-likeness (QED) is 0.0495. The van der Waals surface area contributed by atoms with Gasteiger partial charge in [-0.05, 0) is 13.8 Å². The highest BCUT2D eigenvalue weighted by atomic mass is 31.3. The molecule has 2 N–H and O–H groups in total. The number of hydrogen-bond acceptors (Lipinski definition) is 15. The first kappa shape index (κ1) is 40.0. The molecule has 0 aliphatic heterocycles. The molecule has 4 unspecified atom stereocenters. The summed E-state index contributed by atoms with van der Waals surface area (Å²) in [6, 6.07) is 0. The maximum atomic E-state index is 12.6. The van der Waals surface area contributed by atoms with Crippen LogP contribution in [-0.2, 0) is 70.2 Å². The summed E-state index contributed by atoms with van der Waals surface area (Å²) >= 11 is 0. The first-order chi connectivity index (χ1) is 20.0. The van der Waals surface area contributed by atoms with Crippen LogP contribution in [-0.4, -0.2) is 84.9 Å². The van der Waals surface area contributed by atoms with E-state index < -0.39 is 78.2 Å². The molecule has 244 valence electrons. The van der Waals surface area contributed by atoms with Crippen LogP contribution < -0.4 is 0 Å². The average molecular weight is 658 g/mol. The van der Waals surface area contributed by atoms with Crippen LogP contribution >= 0.6 is 15.6 Å². The molecular formula is C24H36O17P2. The number of carbonyl (C=O) groups excluding carboxylic acids is 6. The largest absolute Gasteiger partial charge is 0.481 e. The maximum absolute atomic E-state index is 12.6. The lowest BCUT2D eigenvalue weighted by Gasteiger charge is -2.24. The summed E-state index contributed by atoms with van der Waals surface area (Å²) in [6.45, 7) is 7.24. The third-order valence-corrected chi connectivity index (χ3v) is 7.39. The van der Waals surface area contributed by atoms with Gasteiger partial charge in [0.1, 0.15) is 38.0 Å². The fourth-order valence-electron chi connectivity index (χ4n) is 2.56. The van der Waals surface area contributed by atoms with Gasteiger partial charge in [-0.2, -0.15) is 4.31 Å². The van der Waals surface area contributed by atoms with E-state index in [1.165, 1.54) is 13.8 Å². The third-order valence-electron chi connectivity index (χ3n) is 4.61. The fraction of sp³-hybridized carbons (Fsp3) is 0.583. The van der Waals surface area contributed by atoms with Crippen molar-refractivity contribution in [3.63, 3.8) is 0 Å². The van der Waals surface area contributed by atoms with Crippen LogP contribution in [0.4, 0.5) is 0 Å². The Labute approximate surface area is 247 Å². The SMILES string of the molecule is C=C(C)C(=O)OCCC(COC(=O)CCC=O)OP(=O)(O)OP(=O)(O)OC(CCOC(=O)C(=C)C)COC(=O)CCC=O. The van der Waals surface area contributed by atoms with Crippen molar-refractivity contribution in [3.05, 3.63) is 24.3 Å². The van der Waals surface area contributed by atoms with Crippen molar-refractivity contribution in [2.24, 2.45) is 0 Å². The molecule has 0 saturated heterocycles. The van der Waals surface area contributed by atoms with E-state index in [1.807, 2.05) is 0 Å². The molecule has 0 aromatic heterocycles. The zero-order chi connectivity index (χ0) is 33.1. The molecule has 17 nitrogen and oxygen atoms in total. The lowest BCUT2D eigenvalue weighted by Crippen LogP contribution is -2.25. The summed E-state index contributed by atoms with van der Waals surface area (Å²) in [7, 11) is -11.0. The Bertz CT molecular complexity index is 1020. The molecule has 0 aromatic rings. The highest BCUT2D eigenvalue weighted by Gasteiger charge is 2.39. The smallest absolute Gasteiger partial charge is 0.463 e. The van der Waals surface area contributed by atoms with Crippen LogP contribution in [0.15, 0.2) is 24.3 Å². The van der Waals surface area contributed by atoms with Crippen LogP contribution in [0, 0.1) is 0 Å². The van der Waals surface area contributed by atoms with E-state index in [0.29, 0.717) is 12.6 Å². The normalized spacial score (nSPS) is 15.0. The highest BCUT2D eigenvalue weighted by Crippen LogP contribution is 2.61. The predicted octanol–water partition coefficient (Wildman–Crippen LogP) is 2.04. The Morgan fingerprint density at radius 3 is 1.35 bits per heavy atom. The number of esters is 4. The summed E-state index contributed by atoms with van der Waals surface area (Å²) in [5.74, 6) is -3.35. The molecule has 0 bridgehead atoms. The van der Waals surface area contributed by atoms with Gasteiger partial charge in [0.15, 0.2) is 0 Å². The molecule has 4 atom stereocenters. The van der Waals surface area contributed by atoms with Crippen molar-refractivity contribution >= 4 is 52.1 Å². The van der Waals surface area contributed by atoms with Gasteiger partial charge >= 0.3 is 39.5 Å². The topological polar surface area (TPSA) is 242 Å². The van der Waals surface area contributed by atoms with Crippen LogP contribution in [0.25, 0.3) is 0 Å². The second-order valence-corrected chi connectivity index (χ2v) is 11.6. The van der Waals surface area contributed by atoms with Crippen molar-refractivity contribution in [3.8, 4) is 0 Å². The number of hydrogen-bond donors (Lipinski definition) is 2. The van der Waals surface area contributed by atoms with Gasteiger partial charge in [-0.1, -0.05) is 13.2 Å². The minimum absolute atomic E-state index is 0.0469. The monoisotopic (exact) mass is 658 g/mol. The van der Waals surface area contributed by atoms with Gasteiger partial charge in [-0.15, -0.1) is 0 Å². The zero-order valence-electron chi connectivity index (χ0n) is 23.7. The van der Waals surface area contributed by atoms with Crippen LogP contribution in [0.3, 0.4) is 0 Å². The number of carbonyl (C=O) groups is 6. The van der Waals surface area contributed by atoms with E-state index in [9.17, 15) is 47.7 Å². The number of phosphoric ester groups is 2. The fourth-order valence-corrected chi connectivity index (χ4v) is 5.00.